The van der Waals surface area contributed by atoms with Gasteiger partial charge in [0.2, 0.25) is 0 Å². The van der Waals surface area contributed by atoms with Crippen LogP contribution in [-0.4, -0.2) is 43.3 Å². The number of carbonyl (C=O) groups is 1. The van der Waals surface area contributed by atoms with E-state index < -0.39 is 6.09 Å². The number of amides is 1. The lowest BCUT2D eigenvalue weighted by atomic mass is 10.2. The Bertz CT molecular complexity index is 502. The molecule has 106 valence electrons. The van der Waals surface area contributed by atoms with E-state index in [2.05, 4.69) is 10.0 Å². The van der Waals surface area contributed by atoms with Crippen molar-refractivity contribution in [2.24, 2.45) is 5.11 Å². The summed E-state index contributed by atoms with van der Waals surface area (Å²) in [5.41, 5.74) is 9.41. The molecule has 7 nitrogen and oxygen atoms in total. The Kier molecular flexibility index (Phi) is 4.81. The van der Waals surface area contributed by atoms with E-state index in [1.54, 1.807) is 0 Å². The summed E-state index contributed by atoms with van der Waals surface area (Å²) >= 11 is 0. The molecule has 1 fully saturated rings. The number of ether oxygens (including phenoxy) is 2. The van der Waals surface area contributed by atoms with E-state index in [0.717, 1.165) is 5.56 Å². The molecule has 7 heteroatoms. The number of carbonyl (C=O) groups excluding carboxylic acids is 1. The van der Waals surface area contributed by atoms with Gasteiger partial charge in [-0.2, -0.15) is 0 Å². The maximum Gasteiger partial charge on any atom is 0.410 e. The smallest absolute Gasteiger partial charge is 0.410 e. The molecule has 1 heterocycles. The third-order valence-electron chi connectivity index (χ3n) is 3.20. The second-order valence-corrected chi connectivity index (χ2v) is 4.49. The van der Waals surface area contributed by atoms with Crippen LogP contribution in [0.25, 0.3) is 10.4 Å². The fourth-order valence-corrected chi connectivity index (χ4v) is 2.13. The number of hydrogen-bond acceptors (Lipinski definition) is 4. The molecule has 0 spiro atoms. The van der Waals surface area contributed by atoms with Crippen molar-refractivity contribution in [1.82, 2.24) is 4.90 Å². The van der Waals surface area contributed by atoms with Crippen molar-refractivity contribution in [2.45, 2.75) is 18.8 Å². The van der Waals surface area contributed by atoms with Gasteiger partial charge in [-0.05, 0) is 11.1 Å². The molecule has 1 saturated heterocycles. The second-order valence-electron chi connectivity index (χ2n) is 4.49. The van der Waals surface area contributed by atoms with Crippen LogP contribution in [0.15, 0.2) is 35.4 Å². The fraction of sp³-hybridized carbons (Fsp3) is 0.462. The van der Waals surface area contributed by atoms with Gasteiger partial charge in [-0.25, -0.2) is 4.79 Å². The fourth-order valence-electron chi connectivity index (χ4n) is 2.13. The minimum absolute atomic E-state index is 0.222. The maximum absolute atomic E-state index is 11.9. The molecule has 0 radical (unpaired) electrons. The Labute approximate surface area is 116 Å². The van der Waals surface area contributed by atoms with Crippen LogP contribution in [0.3, 0.4) is 0 Å². The first-order valence-electron chi connectivity index (χ1n) is 6.27. The minimum Gasteiger partial charge on any atom is -0.445 e. The van der Waals surface area contributed by atoms with E-state index in [4.69, 9.17) is 15.0 Å². The zero-order valence-electron chi connectivity index (χ0n) is 11.2. The van der Waals surface area contributed by atoms with E-state index in [9.17, 15) is 4.79 Å². The Morgan fingerprint density at radius 3 is 2.85 bits per heavy atom. The molecular weight excluding hydrogens is 260 g/mol. The number of methoxy groups -OCH3 is 1. The van der Waals surface area contributed by atoms with E-state index in [1.807, 2.05) is 30.3 Å². The van der Waals surface area contributed by atoms with E-state index in [-0.39, 0.29) is 18.8 Å². The highest BCUT2D eigenvalue weighted by atomic mass is 16.6. The molecule has 2 unspecified atom stereocenters. The van der Waals surface area contributed by atoms with Gasteiger partial charge < -0.3 is 14.4 Å². The molecule has 20 heavy (non-hydrogen) atoms. The first-order valence-corrected chi connectivity index (χ1v) is 6.27. The van der Waals surface area contributed by atoms with Crippen LogP contribution < -0.4 is 0 Å². The van der Waals surface area contributed by atoms with Gasteiger partial charge in [0.25, 0.3) is 0 Å². The first-order chi connectivity index (χ1) is 9.74. The van der Waals surface area contributed by atoms with Crippen LogP contribution in [0.2, 0.25) is 0 Å². The molecule has 0 N–H and O–H groups in total. The van der Waals surface area contributed by atoms with Crippen LogP contribution in [0.5, 0.6) is 0 Å². The quantitative estimate of drug-likeness (QED) is 0.480. The molecular formula is C13H16N4O3. The molecule has 2 rings (SSSR count). The lowest BCUT2D eigenvalue weighted by Crippen LogP contribution is -2.30. The van der Waals surface area contributed by atoms with Crippen LogP contribution >= 0.6 is 0 Å². The third kappa shape index (κ3) is 3.40. The monoisotopic (exact) mass is 276 g/mol. The van der Waals surface area contributed by atoms with Gasteiger partial charge in [-0.1, -0.05) is 35.4 Å². The molecule has 1 aromatic carbocycles. The zero-order valence-corrected chi connectivity index (χ0v) is 11.2. The average molecular weight is 276 g/mol. The summed E-state index contributed by atoms with van der Waals surface area (Å²) in [6, 6.07) is 9.08. The van der Waals surface area contributed by atoms with E-state index in [0.29, 0.717) is 13.1 Å². The average Bonchev–Trinajstić information content (AvgIpc) is 2.89. The number of likely N-dealkylation sites (tertiary alicyclic amines) is 1. The highest BCUT2D eigenvalue weighted by Gasteiger charge is 2.35. The number of benzene rings is 1. The Morgan fingerprint density at radius 2 is 2.20 bits per heavy atom. The third-order valence-corrected chi connectivity index (χ3v) is 3.20. The van der Waals surface area contributed by atoms with Gasteiger partial charge in [0.05, 0.1) is 18.7 Å². The van der Waals surface area contributed by atoms with Crippen molar-refractivity contribution < 1.29 is 14.3 Å². The number of hydrogen-bond donors (Lipinski definition) is 0. The maximum atomic E-state index is 11.9. The molecule has 0 saturated carbocycles. The normalized spacial score (nSPS) is 21.4. The molecule has 1 amide bonds. The molecule has 0 bridgehead atoms. The van der Waals surface area contributed by atoms with Crippen LogP contribution in [0.4, 0.5) is 4.79 Å². The summed E-state index contributed by atoms with van der Waals surface area (Å²) in [4.78, 5) is 16.2. The van der Waals surface area contributed by atoms with Crippen molar-refractivity contribution in [3.05, 3.63) is 46.3 Å². The van der Waals surface area contributed by atoms with Gasteiger partial charge >= 0.3 is 6.09 Å². The lowest BCUT2D eigenvalue weighted by Gasteiger charge is -2.15. The van der Waals surface area contributed by atoms with Gasteiger partial charge in [0.1, 0.15) is 6.61 Å². The highest BCUT2D eigenvalue weighted by Crippen LogP contribution is 2.17. The Hall–Kier alpha value is -2.24. The van der Waals surface area contributed by atoms with Crippen LogP contribution in [0, 0.1) is 0 Å². The van der Waals surface area contributed by atoms with Gasteiger partial charge in [0, 0.05) is 18.6 Å². The molecule has 1 aliphatic rings. The first kappa shape index (κ1) is 14.2. The van der Waals surface area contributed by atoms with Gasteiger partial charge in [0.15, 0.2) is 0 Å². The number of nitrogens with zero attached hydrogens (tertiary/aromatic N) is 4. The summed E-state index contributed by atoms with van der Waals surface area (Å²) in [6.45, 7) is 0.907. The summed E-state index contributed by atoms with van der Waals surface area (Å²) < 4.78 is 10.4. The second kappa shape index (κ2) is 6.79. The van der Waals surface area contributed by atoms with Crippen LogP contribution in [-0.2, 0) is 16.1 Å². The van der Waals surface area contributed by atoms with Gasteiger partial charge in [-0.3, -0.25) is 0 Å². The summed E-state index contributed by atoms with van der Waals surface area (Å²) in [7, 11) is 1.53. The van der Waals surface area contributed by atoms with Gasteiger partial charge in [-0.15, -0.1) is 0 Å². The zero-order chi connectivity index (χ0) is 14.4. The van der Waals surface area contributed by atoms with Crippen molar-refractivity contribution in [3.8, 4) is 0 Å². The number of rotatable bonds is 4. The molecule has 0 aliphatic carbocycles. The van der Waals surface area contributed by atoms with Crippen molar-refractivity contribution in [3.63, 3.8) is 0 Å². The summed E-state index contributed by atoms with van der Waals surface area (Å²) in [6.07, 6.45) is -0.707. The highest BCUT2D eigenvalue weighted by molar-refractivity contribution is 5.68. The molecule has 1 aliphatic heterocycles. The van der Waals surface area contributed by atoms with Crippen LogP contribution in [0.1, 0.15) is 5.56 Å². The topological polar surface area (TPSA) is 87.5 Å². The summed E-state index contributed by atoms with van der Waals surface area (Å²) in [5, 5.41) is 3.63. The SMILES string of the molecule is COC1CN(C(=O)OCc2ccccc2)CC1N=[N+]=[N-]. The Morgan fingerprint density at radius 1 is 1.45 bits per heavy atom. The van der Waals surface area contributed by atoms with Crippen molar-refractivity contribution >= 4 is 6.09 Å². The predicted octanol–water partition coefficient (Wildman–Crippen LogP) is 2.33. The lowest BCUT2D eigenvalue weighted by molar-refractivity contribution is 0.0821. The predicted molar refractivity (Wildman–Crippen MR) is 71.9 cm³/mol. The molecule has 2 atom stereocenters. The largest absolute Gasteiger partial charge is 0.445 e. The number of azide groups is 1. The Balaban J connectivity index is 1.89. The standard InChI is InChI=1S/C13H16N4O3/c1-19-12-8-17(7-11(12)15-16-14)13(18)20-9-10-5-3-2-4-6-10/h2-6,11-12H,7-9H2,1H3. The van der Waals surface area contributed by atoms with E-state index >= 15 is 0 Å². The van der Waals surface area contributed by atoms with E-state index in [1.165, 1.54) is 12.0 Å². The minimum atomic E-state index is -0.424. The molecule has 0 aromatic heterocycles. The molecule has 1 aromatic rings. The van der Waals surface area contributed by atoms with Crippen molar-refractivity contribution in [1.29, 1.82) is 0 Å². The summed E-state index contributed by atoms with van der Waals surface area (Å²) in [5.74, 6) is 0. The van der Waals surface area contributed by atoms with Crippen molar-refractivity contribution in [2.75, 3.05) is 20.2 Å².